The zero-order chi connectivity index (χ0) is 12.4. The number of hydrogen-bond acceptors (Lipinski definition) is 2. The molecule has 0 radical (unpaired) electrons. The van der Waals surface area contributed by atoms with Crippen molar-refractivity contribution >= 4 is 27.5 Å². The monoisotopic (exact) mass is 319 g/mol. The summed E-state index contributed by atoms with van der Waals surface area (Å²) in [5.74, 6) is -2.24. The van der Waals surface area contributed by atoms with E-state index < -0.39 is 11.6 Å². The topological polar surface area (TPSA) is 22.1 Å². The molecule has 0 N–H and O–H groups in total. The zero-order valence-electron chi connectivity index (χ0n) is 8.25. The smallest absolute Gasteiger partial charge is 0.220 e. The summed E-state index contributed by atoms with van der Waals surface area (Å²) < 4.78 is 32.0. The second-order valence-electron chi connectivity index (χ2n) is 3.10. The number of hydrogen-bond donors (Lipinski definition) is 0. The van der Waals surface area contributed by atoms with Gasteiger partial charge in [0.05, 0.1) is 0 Å². The second-order valence-corrected chi connectivity index (χ2v) is 4.40. The second kappa shape index (κ2) is 4.98. The molecule has 6 heteroatoms. The SMILES string of the molecule is Fc1cc(Br)cc(Oc2cccc(Cl)n2)c1F. The minimum atomic E-state index is -1.07. The lowest BCUT2D eigenvalue weighted by Crippen LogP contribution is -1.94. The Bertz CT molecular complexity index is 565. The number of aromatic nitrogens is 1. The first-order chi connectivity index (χ1) is 8.06. The predicted octanol–water partition coefficient (Wildman–Crippen LogP) is 4.57. The van der Waals surface area contributed by atoms with Crippen molar-refractivity contribution in [2.75, 3.05) is 0 Å². The first-order valence-electron chi connectivity index (χ1n) is 4.51. The molecule has 2 nitrogen and oxygen atoms in total. The molecule has 0 amide bonds. The molecule has 0 aliphatic rings. The third-order valence-electron chi connectivity index (χ3n) is 1.86. The third-order valence-corrected chi connectivity index (χ3v) is 2.53. The van der Waals surface area contributed by atoms with Gasteiger partial charge in [-0.05, 0) is 18.2 Å². The Morgan fingerprint density at radius 1 is 1.24 bits per heavy atom. The van der Waals surface area contributed by atoms with Crippen molar-refractivity contribution in [1.29, 1.82) is 0 Å². The Morgan fingerprint density at radius 3 is 2.71 bits per heavy atom. The molecule has 0 spiro atoms. The van der Waals surface area contributed by atoms with Crippen LogP contribution in [-0.2, 0) is 0 Å². The number of rotatable bonds is 2. The Kier molecular flexibility index (Phi) is 3.59. The Labute approximate surface area is 109 Å². The van der Waals surface area contributed by atoms with Gasteiger partial charge in [0.2, 0.25) is 11.7 Å². The molecular weight excluding hydrogens is 315 g/mol. The van der Waals surface area contributed by atoms with Crippen molar-refractivity contribution in [2.24, 2.45) is 0 Å². The van der Waals surface area contributed by atoms with Gasteiger partial charge in [-0.25, -0.2) is 9.37 Å². The summed E-state index contributed by atoms with van der Waals surface area (Å²) in [6.45, 7) is 0. The quantitative estimate of drug-likeness (QED) is 0.597. The van der Waals surface area contributed by atoms with Gasteiger partial charge in [-0.15, -0.1) is 0 Å². The molecule has 1 aromatic heterocycles. The molecule has 0 aliphatic carbocycles. The van der Waals surface area contributed by atoms with Crippen molar-refractivity contribution in [3.8, 4) is 11.6 Å². The van der Waals surface area contributed by atoms with Gasteiger partial charge in [0, 0.05) is 10.5 Å². The van der Waals surface area contributed by atoms with Crippen LogP contribution in [0.25, 0.3) is 0 Å². The molecule has 2 rings (SSSR count). The van der Waals surface area contributed by atoms with E-state index >= 15 is 0 Å². The fourth-order valence-corrected chi connectivity index (χ4v) is 1.73. The van der Waals surface area contributed by atoms with E-state index in [4.69, 9.17) is 16.3 Å². The van der Waals surface area contributed by atoms with Crippen LogP contribution in [0.1, 0.15) is 0 Å². The van der Waals surface area contributed by atoms with E-state index in [0.29, 0.717) is 4.47 Å². The van der Waals surface area contributed by atoms with Crippen molar-refractivity contribution in [3.05, 3.63) is 51.6 Å². The standard InChI is InChI=1S/C11H5BrClF2NO/c12-6-4-7(14)11(15)8(5-6)17-10-3-1-2-9(13)16-10/h1-5H. The maximum absolute atomic E-state index is 13.4. The van der Waals surface area contributed by atoms with Crippen LogP contribution < -0.4 is 4.74 Å². The van der Waals surface area contributed by atoms with E-state index in [1.54, 1.807) is 12.1 Å². The number of halogens is 4. The summed E-state index contributed by atoms with van der Waals surface area (Å²) in [7, 11) is 0. The number of benzene rings is 1. The van der Waals surface area contributed by atoms with Crippen LogP contribution in [0.5, 0.6) is 11.6 Å². The number of nitrogens with zero attached hydrogens (tertiary/aromatic N) is 1. The molecule has 1 aromatic carbocycles. The molecular formula is C11H5BrClF2NO. The molecule has 1 heterocycles. The molecule has 2 aromatic rings. The van der Waals surface area contributed by atoms with Gasteiger partial charge in [-0.2, -0.15) is 4.39 Å². The first kappa shape index (κ1) is 12.3. The molecule has 17 heavy (non-hydrogen) atoms. The highest BCUT2D eigenvalue weighted by Gasteiger charge is 2.12. The fourth-order valence-electron chi connectivity index (χ4n) is 1.17. The normalized spacial score (nSPS) is 10.4. The van der Waals surface area contributed by atoms with Gasteiger partial charge in [0.1, 0.15) is 5.15 Å². The molecule has 0 aliphatic heterocycles. The Balaban J connectivity index is 2.36. The summed E-state index contributed by atoms with van der Waals surface area (Å²) in [4.78, 5) is 3.81. The van der Waals surface area contributed by atoms with E-state index in [9.17, 15) is 8.78 Å². The van der Waals surface area contributed by atoms with Gasteiger partial charge >= 0.3 is 0 Å². The van der Waals surface area contributed by atoms with Crippen LogP contribution in [0, 0.1) is 11.6 Å². The van der Waals surface area contributed by atoms with Gasteiger partial charge in [-0.1, -0.05) is 33.6 Å². The van der Waals surface area contributed by atoms with Crippen LogP contribution in [0.3, 0.4) is 0 Å². The van der Waals surface area contributed by atoms with Crippen LogP contribution >= 0.6 is 27.5 Å². The van der Waals surface area contributed by atoms with Gasteiger partial charge in [-0.3, -0.25) is 0 Å². The fraction of sp³-hybridized carbons (Fsp3) is 0. The van der Waals surface area contributed by atoms with Crippen molar-refractivity contribution < 1.29 is 13.5 Å². The molecule has 0 saturated carbocycles. The molecule has 0 saturated heterocycles. The largest absolute Gasteiger partial charge is 0.436 e. The molecule has 0 atom stereocenters. The van der Waals surface area contributed by atoms with E-state index in [1.807, 2.05) is 0 Å². The average Bonchev–Trinajstić information content (AvgIpc) is 2.25. The highest BCUT2D eigenvalue weighted by Crippen LogP contribution is 2.29. The van der Waals surface area contributed by atoms with Gasteiger partial charge < -0.3 is 4.74 Å². The van der Waals surface area contributed by atoms with Crippen molar-refractivity contribution in [1.82, 2.24) is 4.98 Å². The van der Waals surface area contributed by atoms with Crippen molar-refractivity contribution in [3.63, 3.8) is 0 Å². The van der Waals surface area contributed by atoms with E-state index in [1.165, 1.54) is 12.1 Å². The summed E-state index contributed by atoms with van der Waals surface area (Å²) in [5, 5.41) is 0.207. The van der Waals surface area contributed by atoms with Crippen molar-refractivity contribution in [2.45, 2.75) is 0 Å². The predicted molar refractivity (Wildman–Crippen MR) is 63.4 cm³/mol. The highest BCUT2D eigenvalue weighted by atomic mass is 79.9. The van der Waals surface area contributed by atoms with Crippen LogP contribution in [0.15, 0.2) is 34.8 Å². The number of pyridine rings is 1. The lowest BCUT2D eigenvalue weighted by Gasteiger charge is -2.07. The van der Waals surface area contributed by atoms with Gasteiger partial charge in [0.15, 0.2) is 11.6 Å². The van der Waals surface area contributed by atoms with Crippen LogP contribution in [-0.4, -0.2) is 4.98 Å². The lowest BCUT2D eigenvalue weighted by atomic mass is 10.3. The summed E-state index contributed by atoms with van der Waals surface area (Å²) >= 11 is 8.69. The highest BCUT2D eigenvalue weighted by molar-refractivity contribution is 9.10. The lowest BCUT2D eigenvalue weighted by molar-refractivity contribution is 0.405. The molecule has 0 fully saturated rings. The first-order valence-corrected chi connectivity index (χ1v) is 5.68. The van der Waals surface area contributed by atoms with E-state index in [0.717, 1.165) is 6.07 Å². The molecule has 88 valence electrons. The summed E-state index contributed by atoms with van der Waals surface area (Å²) in [5.41, 5.74) is 0. The number of ether oxygens (including phenoxy) is 1. The summed E-state index contributed by atoms with van der Waals surface area (Å²) in [6, 6.07) is 6.95. The molecule has 0 bridgehead atoms. The minimum absolute atomic E-state index is 0.0916. The molecule has 0 unspecified atom stereocenters. The Hall–Kier alpha value is -1.20. The zero-order valence-corrected chi connectivity index (χ0v) is 10.6. The van der Waals surface area contributed by atoms with Crippen LogP contribution in [0.2, 0.25) is 5.15 Å². The van der Waals surface area contributed by atoms with Gasteiger partial charge in [0.25, 0.3) is 0 Å². The average molecular weight is 321 g/mol. The van der Waals surface area contributed by atoms with Crippen LogP contribution in [0.4, 0.5) is 8.78 Å². The Morgan fingerprint density at radius 2 is 2.00 bits per heavy atom. The van der Waals surface area contributed by atoms with E-state index in [2.05, 4.69) is 20.9 Å². The maximum atomic E-state index is 13.4. The van der Waals surface area contributed by atoms with E-state index in [-0.39, 0.29) is 16.8 Å². The third kappa shape index (κ3) is 2.92. The minimum Gasteiger partial charge on any atom is -0.436 e. The maximum Gasteiger partial charge on any atom is 0.220 e. The summed E-state index contributed by atoms with van der Waals surface area (Å²) in [6.07, 6.45) is 0.